The van der Waals surface area contributed by atoms with Gasteiger partial charge < -0.3 is 15.2 Å². The molecular formula is C13H22N2O2. The van der Waals surface area contributed by atoms with Crippen LogP contribution < -0.4 is 10.5 Å². The minimum Gasteiger partial charge on any atom is -0.461 e. The first-order valence-electron chi connectivity index (χ1n) is 5.97. The SMILES string of the molecule is CCCN.Cc1nccc2c1OC(C)(C)OC2. The summed E-state index contributed by atoms with van der Waals surface area (Å²) in [5.41, 5.74) is 7.03. The Balaban J connectivity index is 0.000000317. The van der Waals surface area contributed by atoms with Gasteiger partial charge in [0.05, 0.1) is 12.3 Å². The normalized spacial score (nSPS) is 16.3. The molecule has 0 fully saturated rings. The van der Waals surface area contributed by atoms with E-state index in [0.29, 0.717) is 6.61 Å². The second-order valence-electron chi connectivity index (χ2n) is 4.46. The van der Waals surface area contributed by atoms with E-state index in [1.807, 2.05) is 26.8 Å². The largest absolute Gasteiger partial charge is 0.461 e. The zero-order chi connectivity index (χ0) is 12.9. The van der Waals surface area contributed by atoms with Crippen LogP contribution >= 0.6 is 0 Å². The van der Waals surface area contributed by atoms with Crippen LogP contribution in [0.4, 0.5) is 0 Å². The van der Waals surface area contributed by atoms with Crippen LogP contribution in [0.25, 0.3) is 0 Å². The third-order valence-electron chi connectivity index (χ3n) is 2.38. The van der Waals surface area contributed by atoms with E-state index >= 15 is 0 Å². The molecule has 0 saturated carbocycles. The smallest absolute Gasteiger partial charge is 0.205 e. The molecule has 17 heavy (non-hydrogen) atoms. The summed E-state index contributed by atoms with van der Waals surface area (Å²) in [5.74, 6) is 0.347. The van der Waals surface area contributed by atoms with E-state index in [-0.39, 0.29) is 0 Å². The monoisotopic (exact) mass is 238 g/mol. The van der Waals surface area contributed by atoms with Gasteiger partial charge in [-0.25, -0.2) is 0 Å². The molecule has 0 saturated heterocycles. The molecule has 0 atom stereocenters. The van der Waals surface area contributed by atoms with Gasteiger partial charge in [-0.05, 0) is 26.0 Å². The maximum Gasteiger partial charge on any atom is 0.205 e. The molecule has 96 valence electrons. The van der Waals surface area contributed by atoms with Crippen LogP contribution in [0, 0.1) is 6.92 Å². The third kappa shape index (κ3) is 3.98. The summed E-state index contributed by atoms with van der Waals surface area (Å²) >= 11 is 0. The van der Waals surface area contributed by atoms with Gasteiger partial charge in [-0.2, -0.15) is 0 Å². The molecule has 0 unspecified atom stereocenters. The van der Waals surface area contributed by atoms with Crippen molar-refractivity contribution in [3.63, 3.8) is 0 Å². The fraction of sp³-hybridized carbons (Fsp3) is 0.615. The van der Waals surface area contributed by atoms with Gasteiger partial charge in [-0.15, -0.1) is 0 Å². The fourth-order valence-electron chi connectivity index (χ4n) is 1.39. The Morgan fingerprint density at radius 1 is 1.47 bits per heavy atom. The van der Waals surface area contributed by atoms with Crippen molar-refractivity contribution in [1.82, 2.24) is 4.98 Å². The van der Waals surface area contributed by atoms with E-state index in [4.69, 9.17) is 15.2 Å². The molecule has 4 heteroatoms. The number of fused-ring (bicyclic) bond motifs is 1. The molecule has 0 radical (unpaired) electrons. The lowest BCUT2D eigenvalue weighted by molar-refractivity contribution is -0.180. The third-order valence-corrected chi connectivity index (χ3v) is 2.38. The van der Waals surface area contributed by atoms with E-state index < -0.39 is 5.79 Å². The first-order chi connectivity index (χ1) is 8.00. The Morgan fingerprint density at radius 2 is 2.12 bits per heavy atom. The average molecular weight is 238 g/mol. The van der Waals surface area contributed by atoms with Gasteiger partial charge in [0.2, 0.25) is 5.79 Å². The number of nitrogens with two attached hydrogens (primary N) is 1. The van der Waals surface area contributed by atoms with Crippen molar-refractivity contribution in [1.29, 1.82) is 0 Å². The molecule has 0 aliphatic carbocycles. The highest BCUT2D eigenvalue weighted by Crippen LogP contribution is 2.32. The van der Waals surface area contributed by atoms with Gasteiger partial charge in [0, 0.05) is 25.6 Å². The molecule has 0 bridgehead atoms. The first kappa shape index (κ1) is 13.9. The second-order valence-corrected chi connectivity index (χ2v) is 4.46. The van der Waals surface area contributed by atoms with E-state index in [1.165, 1.54) is 0 Å². The molecule has 2 heterocycles. The quantitative estimate of drug-likeness (QED) is 0.816. The standard InChI is InChI=1S/C10H13NO2.C3H9N/c1-7-9-8(4-5-11-7)6-12-10(2,3)13-9;1-2-3-4/h4-5H,6H2,1-3H3;2-4H2,1H3. The molecule has 0 aromatic carbocycles. The highest BCUT2D eigenvalue weighted by Gasteiger charge is 2.28. The van der Waals surface area contributed by atoms with E-state index in [0.717, 1.165) is 30.0 Å². The highest BCUT2D eigenvalue weighted by molar-refractivity contribution is 5.37. The molecule has 0 amide bonds. The van der Waals surface area contributed by atoms with Crippen molar-refractivity contribution < 1.29 is 9.47 Å². The molecule has 4 nitrogen and oxygen atoms in total. The maximum absolute atomic E-state index is 5.67. The Bertz CT molecular complexity index is 362. The van der Waals surface area contributed by atoms with Gasteiger partial charge >= 0.3 is 0 Å². The predicted molar refractivity (Wildman–Crippen MR) is 67.8 cm³/mol. The number of rotatable bonds is 1. The van der Waals surface area contributed by atoms with Crippen LogP contribution in [0.1, 0.15) is 38.4 Å². The van der Waals surface area contributed by atoms with Gasteiger partial charge in [-0.1, -0.05) is 6.92 Å². The number of aryl methyl sites for hydroxylation is 1. The van der Waals surface area contributed by atoms with Gasteiger partial charge in [-0.3, -0.25) is 4.98 Å². The van der Waals surface area contributed by atoms with E-state index in [2.05, 4.69) is 11.9 Å². The number of ether oxygens (including phenoxy) is 2. The van der Waals surface area contributed by atoms with Gasteiger partial charge in [0.15, 0.2) is 0 Å². The van der Waals surface area contributed by atoms with Crippen LogP contribution in [0.15, 0.2) is 12.3 Å². The number of hydrogen-bond donors (Lipinski definition) is 1. The Labute approximate surface area is 103 Å². The summed E-state index contributed by atoms with van der Waals surface area (Å²) in [6, 6.07) is 1.93. The molecule has 1 aliphatic rings. The number of nitrogens with zero attached hydrogens (tertiary/aromatic N) is 1. The zero-order valence-corrected chi connectivity index (χ0v) is 11.1. The number of aromatic nitrogens is 1. The second kappa shape index (κ2) is 5.98. The Hall–Kier alpha value is -1.13. The summed E-state index contributed by atoms with van der Waals surface area (Å²) in [4.78, 5) is 4.18. The van der Waals surface area contributed by atoms with Crippen molar-refractivity contribution >= 4 is 0 Å². The predicted octanol–water partition coefficient (Wildman–Crippen LogP) is 2.39. The molecule has 2 rings (SSSR count). The minimum atomic E-state index is -0.527. The maximum atomic E-state index is 5.67. The summed E-state index contributed by atoms with van der Waals surface area (Å²) < 4.78 is 11.2. The van der Waals surface area contributed by atoms with Crippen molar-refractivity contribution in [3.05, 3.63) is 23.5 Å². The lowest BCUT2D eigenvalue weighted by Crippen LogP contribution is -2.35. The van der Waals surface area contributed by atoms with Gasteiger partial charge in [0.25, 0.3) is 0 Å². The first-order valence-corrected chi connectivity index (χ1v) is 5.97. The highest BCUT2D eigenvalue weighted by atomic mass is 16.7. The molecule has 1 aromatic rings. The average Bonchev–Trinajstić information content (AvgIpc) is 2.30. The lowest BCUT2D eigenvalue weighted by Gasteiger charge is -2.32. The topological polar surface area (TPSA) is 57.4 Å². The van der Waals surface area contributed by atoms with E-state index in [9.17, 15) is 0 Å². The summed E-state index contributed by atoms with van der Waals surface area (Å²) in [6.45, 7) is 9.23. The molecule has 2 N–H and O–H groups in total. The van der Waals surface area contributed by atoms with Gasteiger partial charge in [0.1, 0.15) is 5.75 Å². The van der Waals surface area contributed by atoms with Crippen molar-refractivity contribution in [2.24, 2.45) is 5.73 Å². The summed E-state index contributed by atoms with van der Waals surface area (Å²) in [5, 5.41) is 0. The lowest BCUT2D eigenvalue weighted by atomic mass is 10.2. The van der Waals surface area contributed by atoms with E-state index in [1.54, 1.807) is 6.20 Å². The molecular weight excluding hydrogens is 216 g/mol. The van der Waals surface area contributed by atoms with Crippen LogP contribution in [-0.4, -0.2) is 17.3 Å². The zero-order valence-electron chi connectivity index (χ0n) is 11.1. The van der Waals surface area contributed by atoms with Crippen molar-refractivity contribution in [3.8, 4) is 5.75 Å². The van der Waals surface area contributed by atoms with Crippen LogP contribution in [0.5, 0.6) is 5.75 Å². The summed E-state index contributed by atoms with van der Waals surface area (Å²) in [7, 11) is 0. The minimum absolute atomic E-state index is 0.527. The Morgan fingerprint density at radius 3 is 2.71 bits per heavy atom. The summed E-state index contributed by atoms with van der Waals surface area (Å²) in [6.07, 6.45) is 2.87. The number of hydrogen-bond acceptors (Lipinski definition) is 4. The van der Waals surface area contributed by atoms with Crippen molar-refractivity contribution in [2.75, 3.05) is 6.54 Å². The van der Waals surface area contributed by atoms with Crippen LogP contribution in [-0.2, 0) is 11.3 Å². The fourth-order valence-corrected chi connectivity index (χ4v) is 1.39. The van der Waals surface area contributed by atoms with Crippen LogP contribution in [0.3, 0.4) is 0 Å². The molecule has 0 spiro atoms. The van der Waals surface area contributed by atoms with Crippen molar-refractivity contribution in [2.45, 2.75) is 46.5 Å². The number of pyridine rings is 1. The van der Waals surface area contributed by atoms with Crippen LogP contribution in [0.2, 0.25) is 0 Å². The Kier molecular flexibility index (Phi) is 4.90. The molecule has 1 aromatic heterocycles. The molecule has 1 aliphatic heterocycles.